The van der Waals surface area contributed by atoms with E-state index in [1.54, 1.807) is 17.9 Å². The molecule has 3 aromatic rings. The zero-order valence-corrected chi connectivity index (χ0v) is 23.7. The van der Waals surface area contributed by atoms with Gasteiger partial charge in [-0.1, -0.05) is 23.2 Å². The summed E-state index contributed by atoms with van der Waals surface area (Å²) in [5, 5.41) is 7.73. The van der Waals surface area contributed by atoms with E-state index < -0.39 is 35.8 Å². The molecule has 41 heavy (non-hydrogen) atoms. The van der Waals surface area contributed by atoms with Gasteiger partial charge in [-0.2, -0.15) is 18.3 Å². The minimum atomic E-state index is -4.66. The normalized spacial score (nSPS) is 19.5. The molecule has 2 aliphatic rings. The summed E-state index contributed by atoms with van der Waals surface area (Å²) in [5.74, 6) is -1.25. The molecule has 9 nitrogen and oxygen atoms in total. The van der Waals surface area contributed by atoms with Crippen LogP contribution in [-0.2, 0) is 23.9 Å². The van der Waals surface area contributed by atoms with Crippen molar-refractivity contribution in [1.82, 2.24) is 29.9 Å². The minimum Gasteiger partial charge on any atom is -0.357 e. The monoisotopic (exact) mass is 608 g/mol. The summed E-state index contributed by atoms with van der Waals surface area (Å²) in [6.07, 6.45) is -3.30. The SMILES string of the molecule is CNC(=O)[C@@H]1CN([C@@H](C)c2ccnc(C(F)(F)F)c2)C(=O)c2c3c(nn21)C[C@@H](C)N(C(=O)c1ccc(Cl)c(Cl)c1)C3. The third-order valence-corrected chi connectivity index (χ3v) is 8.31. The number of carbonyl (C=O) groups excluding carboxylic acids is 3. The number of aromatic nitrogens is 3. The lowest BCUT2D eigenvalue weighted by atomic mass is 9.96. The highest BCUT2D eigenvalue weighted by Crippen LogP contribution is 2.37. The standard InChI is InChI=1S/C27H25Cl2F3N6O3/c1-13-8-20-17(11-36(13)25(40)16-4-5-18(28)19(29)9-16)23-26(41)37(12-21(24(39)33-3)38(23)35-20)14(2)15-6-7-34-22(10-15)27(30,31)32/h4-7,9-10,13-14,21H,8,11-12H2,1-3H3,(H,33,39)/t13-,14+,21+/m1/s1. The van der Waals surface area contributed by atoms with Gasteiger partial charge in [0.1, 0.15) is 17.4 Å². The van der Waals surface area contributed by atoms with Crippen LogP contribution in [0.15, 0.2) is 36.5 Å². The lowest BCUT2D eigenvalue weighted by Crippen LogP contribution is -2.49. The van der Waals surface area contributed by atoms with Crippen LogP contribution >= 0.6 is 23.2 Å². The van der Waals surface area contributed by atoms with E-state index >= 15 is 0 Å². The fourth-order valence-corrected chi connectivity index (χ4v) is 5.60. The molecule has 1 N–H and O–H groups in total. The first-order valence-corrected chi connectivity index (χ1v) is 13.5. The second kappa shape index (κ2) is 10.6. The van der Waals surface area contributed by atoms with Crippen LogP contribution in [-0.4, -0.2) is 61.9 Å². The number of amides is 3. The van der Waals surface area contributed by atoms with Crippen LogP contribution < -0.4 is 5.32 Å². The van der Waals surface area contributed by atoms with E-state index in [0.29, 0.717) is 28.3 Å². The highest BCUT2D eigenvalue weighted by atomic mass is 35.5. The molecule has 0 fully saturated rings. The first-order valence-electron chi connectivity index (χ1n) is 12.7. The Kier molecular flexibility index (Phi) is 7.49. The molecule has 0 bridgehead atoms. The van der Waals surface area contributed by atoms with Gasteiger partial charge in [0, 0.05) is 36.8 Å². The number of rotatable bonds is 4. The van der Waals surface area contributed by atoms with Gasteiger partial charge in [0.15, 0.2) is 0 Å². The molecule has 2 aromatic heterocycles. The van der Waals surface area contributed by atoms with E-state index in [1.807, 2.05) is 6.92 Å². The third kappa shape index (κ3) is 5.14. The van der Waals surface area contributed by atoms with Crippen molar-refractivity contribution in [3.63, 3.8) is 0 Å². The van der Waals surface area contributed by atoms with Gasteiger partial charge in [-0.3, -0.25) is 19.4 Å². The number of fused-ring (bicyclic) bond motifs is 3. The summed E-state index contributed by atoms with van der Waals surface area (Å²) in [6, 6.07) is 4.82. The Bertz CT molecular complexity index is 1560. The zero-order valence-electron chi connectivity index (χ0n) is 22.2. The first kappa shape index (κ1) is 28.9. The molecule has 5 rings (SSSR count). The van der Waals surface area contributed by atoms with Gasteiger partial charge in [0.2, 0.25) is 5.91 Å². The van der Waals surface area contributed by atoms with Gasteiger partial charge in [-0.15, -0.1) is 0 Å². The van der Waals surface area contributed by atoms with Crippen LogP contribution in [0.25, 0.3) is 0 Å². The third-order valence-electron chi connectivity index (χ3n) is 7.57. The summed E-state index contributed by atoms with van der Waals surface area (Å²) < 4.78 is 41.4. The molecule has 0 radical (unpaired) electrons. The number of hydrogen-bond acceptors (Lipinski definition) is 5. The smallest absolute Gasteiger partial charge is 0.357 e. The largest absolute Gasteiger partial charge is 0.433 e. The van der Waals surface area contributed by atoms with Crippen molar-refractivity contribution in [2.24, 2.45) is 0 Å². The van der Waals surface area contributed by atoms with Crippen LogP contribution in [0.2, 0.25) is 10.0 Å². The van der Waals surface area contributed by atoms with E-state index in [9.17, 15) is 27.6 Å². The Morgan fingerprint density at radius 2 is 1.88 bits per heavy atom. The van der Waals surface area contributed by atoms with Gasteiger partial charge in [0.25, 0.3) is 11.8 Å². The van der Waals surface area contributed by atoms with E-state index in [-0.39, 0.29) is 41.3 Å². The Morgan fingerprint density at radius 1 is 1.15 bits per heavy atom. The molecule has 0 saturated carbocycles. The predicted octanol–water partition coefficient (Wildman–Crippen LogP) is 4.69. The molecule has 0 saturated heterocycles. The molecule has 0 spiro atoms. The van der Waals surface area contributed by atoms with Crippen LogP contribution in [0.3, 0.4) is 0 Å². The molecule has 14 heteroatoms. The van der Waals surface area contributed by atoms with Crippen molar-refractivity contribution in [1.29, 1.82) is 0 Å². The molecule has 1 aromatic carbocycles. The minimum absolute atomic E-state index is 0.0345. The summed E-state index contributed by atoms with van der Waals surface area (Å²) in [4.78, 5) is 46.8. The molecular weight excluding hydrogens is 584 g/mol. The number of nitrogens with zero attached hydrogens (tertiary/aromatic N) is 5. The van der Waals surface area contributed by atoms with E-state index in [2.05, 4.69) is 15.4 Å². The maximum Gasteiger partial charge on any atom is 0.433 e. The zero-order chi connectivity index (χ0) is 29.8. The van der Waals surface area contributed by atoms with Crippen LogP contribution in [0.4, 0.5) is 13.2 Å². The number of benzene rings is 1. The number of nitrogens with one attached hydrogen (secondary N) is 1. The van der Waals surface area contributed by atoms with Crippen molar-refractivity contribution in [3.05, 3.63) is 80.3 Å². The Balaban J connectivity index is 1.54. The number of carbonyl (C=O) groups is 3. The molecule has 0 unspecified atom stereocenters. The van der Waals surface area contributed by atoms with Crippen molar-refractivity contribution in [3.8, 4) is 0 Å². The molecule has 0 aliphatic carbocycles. The predicted molar refractivity (Wildman–Crippen MR) is 144 cm³/mol. The van der Waals surface area contributed by atoms with Gasteiger partial charge in [-0.05, 0) is 49.7 Å². The van der Waals surface area contributed by atoms with Gasteiger partial charge < -0.3 is 15.1 Å². The molecule has 3 atom stereocenters. The van der Waals surface area contributed by atoms with Crippen molar-refractivity contribution in [2.75, 3.05) is 13.6 Å². The Morgan fingerprint density at radius 3 is 2.54 bits per heavy atom. The van der Waals surface area contributed by atoms with Crippen LogP contribution in [0, 0.1) is 0 Å². The van der Waals surface area contributed by atoms with E-state index in [0.717, 1.165) is 12.3 Å². The van der Waals surface area contributed by atoms with Gasteiger partial charge >= 0.3 is 6.18 Å². The highest BCUT2D eigenvalue weighted by Gasteiger charge is 2.44. The molecule has 4 heterocycles. The number of hydrogen-bond donors (Lipinski definition) is 1. The molecule has 2 aliphatic heterocycles. The van der Waals surface area contributed by atoms with Crippen LogP contribution in [0.1, 0.15) is 69.3 Å². The molecule has 3 amide bonds. The number of alkyl halides is 3. The summed E-state index contributed by atoms with van der Waals surface area (Å²) >= 11 is 12.1. The van der Waals surface area contributed by atoms with Gasteiger partial charge in [0.05, 0.1) is 34.9 Å². The van der Waals surface area contributed by atoms with Crippen molar-refractivity contribution < 1.29 is 27.6 Å². The fourth-order valence-electron chi connectivity index (χ4n) is 5.30. The number of halogens is 5. The summed E-state index contributed by atoms with van der Waals surface area (Å²) in [7, 11) is 1.45. The summed E-state index contributed by atoms with van der Waals surface area (Å²) in [6.45, 7) is 3.37. The van der Waals surface area contributed by atoms with Crippen molar-refractivity contribution >= 4 is 40.9 Å². The topological polar surface area (TPSA) is 100 Å². The highest BCUT2D eigenvalue weighted by molar-refractivity contribution is 6.42. The average Bonchev–Trinajstić information content (AvgIpc) is 3.31. The molecule has 216 valence electrons. The summed E-state index contributed by atoms with van der Waals surface area (Å²) in [5.41, 5.74) is 0.628. The maximum absolute atomic E-state index is 14.0. The lowest BCUT2D eigenvalue weighted by Gasteiger charge is -2.38. The second-order valence-electron chi connectivity index (χ2n) is 10.1. The molecular formula is C27H25Cl2F3N6O3. The fraction of sp³-hybridized carbons (Fsp3) is 0.370. The Hall–Kier alpha value is -3.64. The first-order chi connectivity index (χ1) is 19.3. The van der Waals surface area contributed by atoms with E-state index in [4.69, 9.17) is 23.2 Å². The van der Waals surface area contributed by atoms with E-state index in [1.165, 1.54) is 34.8 Å². The number of likely N-dealkylation sites (N-methyl/N-ethyl adjacent to an activating group) is 1. The quantitative estimate of drug-likeness (QED) is 0.463. The Labute approximate surface area is 243 Å². The maximum atomic E-state index is 14.0. The van der Waals surface area contributed by atoms with Crippen LogP contribution in [0.5, 0.6) is 0 Å². The number of pyridine rings is 1. The van der Waals surface area contributed by atoms with Crippen molar-refractivity contribution in [2.45, 2.75) is 51.1 Å². The lowest BCUT2D eigenvalue weighted by molar-refractivity contribution is -0.141. The average molecular weight is 609 g/mol. The van der Waals surface area contributed by atoms with Gasteiger partial charge in [-0.25, -0.2) is 4.68 Å². The second-order valence-corrected chi connectivity index (χ2v) is 10.9.